The van der Waals surface area contributed by atoms with Crippen molar-refractivity contribution in [2.75, 3.05) is 13.2 Å². The van der Waals surface area contributed by atoms with Crippen LogP contribution in [-0.2, 0) is 11.2 Å². The van der Waals surface area contributed by atoms with Gasteiger partial charge in [-0.3, -0.25) is 4.79 Å². The summed E-state index contributed by atoms with van der Waals surface area (Å²) in [4.78, 5) is 16.0. The minimum Gasteiger partial charge on any atom is -0.492 e. The first kappa shape index (κ1) is 18.3. The van der Waals surface area contributed by atoms with Crippen LogP contribution in [0.15, 0.2) is 28.8 Å². The molecule has 0 spiro atoms. The predicted octanol–water partition coefficient (Wildman–Crippen LogP) is 3.36. The van der Waals surface area contributed by atoms with Gasteiger partial charge in [0.1, 0.15) is 5.75 Å². The number of benzene rings is 1. The van der Waals surface area contributed by atoms with E-state index in [1.807, 2.05) is 26.0 Å². The Hall–Kier alpha value is -2.08. The van der Waals surface area contributed by atoms with Crippen molar-refractivity contribution >= 4 is 17.5 Å². The lowest BCUT2D eigenvalue weighted by molar-refractivity contribution is -0.121. The number of amides is 1. The van der Waals surface area contributed by atoms with Gasteiger partial charge in [-0.2, -0.15) is 4.98 Å². The summed E-state index contributed by atoms with van der Waals surface area (Å²) in [6.45, 7) is 4.92. The number of halogens is 1. The van der Waals surface area contributed by atoms with Gasteiger partial charge >= 0.3 is 0 Å². The van der Waals surface area contributed by atoms with E-state index >= 15 is 0 Å². The van der Waals surface area contributed by atoms with Gasteiger partial charge in [-0.05, 0) is 18.6 Å². The van der Waals surface area contributed by atoms with E-state index in [1.165, 1.54) is 0 Å². The van der Waals surface area contributed by atoms with Gasteiger partial charge in [0, 0.05) is 25.3 Å². The van der Waals surface area contributed by atoms with Gasteiger partial charge in [0.25, 0.3) is 0 Å². The Morgan fingerprint density at radius 3 is 2.88 bits per heavy atom. The summed E-state index contributed by atoms with van der Waals surface area (Å²) < 4.78 is 10.7. The van der Waals surface area contributed by atoms with E-state index in [2.05, 4.69) is 15.5 Å². The molecule has 2 aromatic rings. The van der Waals surface area contributed by atoms with Crippen molar-refractivity contribution < 1.29 is 14.1 Å². The fourth-order valence-corrected chi connectivity index (χ4v) is 2.17. The Labute approximate surface area is 146 Å². The van der Waals surface area contributed by atoms with Crippen LogP contribution in [0, 0.1) is 0 Å². The van der Waals surface area contributed by atoms with Gasteiger partial charge < -0.3 is 14.6 Å². The van der Waals surface area contributed by atoms with Gasteiger partial charge in [0.05, 0.1) is 11.6 Å². The molecule has 0 aliphatic heterocycles. The van der Waals surface area contributed by atoms with Crippen LogP contribution >= 0.6 is 11.6 Å². The molecule has 1 aromatic carbocycles. The van der Waals surface area contributed by atoms with E-state index in [1.54, 1.807) is 12.1 Å². The largest absolute Gasteiger partial charge is 0.492 e. The number of rotatable bonds is 9. The number of aromatic nitrogens is 2. The Kier molecular flexibility index (Phi) is 7.06. The summed E-state index contributed by atoms with van der Waals surface area (Å²) in [5.41, 5.74) is 0. The molecule has 0 atom stereocenters. The molecule has 0 aliphatic rings. The highest BCUT2D eigenvalue weighted by atomic mass is 35.5. The molecule has 2 rings (SSSR count). The molecule has 0 bridgehead atoms. The minimum absolute atomic E-state index is 0.0265. The van der Waals surface area contributed by atoms with Crippen LogP contribution in [0.2, 0.25) is 5.02 Å². The summed E-state index contributed by atoms with van der Waals surface area (Å²) in [7, 11) is 0. The van der Waals surface area contributed by atoms with Gasteiger partial charge in [-0.1, -0.05) is 42.7 Å². The number of carbonyl (C=O) groups is 1. The smallest absolute Gasteiger partial charge is 0.228 e. The maximum Gasteiger partial charge on any atom is 0.228 e. The first-order chi connectivity index (χ1) is 11.6. The van der Waals surface area contributed by atoms with E-state index < -0.39 is 0 Å². The van der Waals surface area contributed by atoms with Gasteiger partial charge in [-0.25, -0.2) is 0 Å². The minimum atomic E-state index is -0.0265. The second-order valence-corrected chi connectivity index (χ2v) is 6.09. The second-order valence-electron chi connectivity index (χ2n) is 5.68. The molecular weight excluding hydrogens is 330 g/mol. The molecule has 0 saturated carbocycles. The molecule has 1 N–H and O–H groups in total. The molecule has 7 heteroatoms. The zero-order valence-corrected chi connectivity index (χ0v) is 14.7. The summed E-state index contributed by atoms with van der Waals surface area (Å²) in [6, 6.07) is 7.27. The molecule has 6 nitrogen and oxygen atoms in total. The molecule has 1 aromatic heterocycles. The van der Waals surface area contributed by atoms with E-state index in [9.17, 15) is 4.79 Å². The maximum atomic E-state index is 11.8. The average Bonchev–Trinajstić information content (AvgIpc) is 3.02. The quantitative estimate of drug-likeness (QED) is 0.701. The molecule has 0 saturated heterocycles. The Morgan fingerprint density at radius 1 is 1.38 bits per heavy atom. The number of nitrogens with zero attached hydrogens (tertiary/aromatic N) is 2. The molecule has 24 heavy (non-hydrogen) atoms. The molecule has 130 valence electrons. The van der Waals surface area contributed by atoms with Gasteiger partial charge in [0.2, 0.25) is 11.8 Å². The van der Waals surface area contributed by atoms with Crippen LogP contribution < -0.4 is 10.1 Å². The lowest BCUT2D eigenvalue weighted by Crippen LogP contribution is -2.25. The van der Waals surface area contributed by atoms with E-state index in [0.717, 1.165) is 0 Å². The van der Waals surface area contributed by atoms with Crippen molar-refractivity contribution in [1.82, 2.24) is 15.5 Å². The molecular formula is C17H22ClN3O3. The predicted molar refractivity (Wildman–Crippen MR) is 91.3 cm³/mol. The van der Waals surface area contributed by atoms with E-state index in [4.69, 9.17) is 20.9 Å². The van der Waals surface area contributed by atoms with E-state index in [0.29, 0.717) is 54.9 Å². The number of nitrogens with one attached hydrogen (secondary N) is 1. The lowest BCUT2D eigenvalue weighted by atomic mass is 10.2. The SMILES string of the molecule is CC(C)c1noc(CCNC(=O)CCCOc2ccccc2Cl)n1. The molecule has 1 heterocycles. The van der Waals surface area contributed by atoms with Crippen LogP contribution in [-0.4, -0.2) is 29.2 Å². The zero-order valence-electron chi connectivity index (χ0n) is 13.9. The standard InChI is InChI=1S/C17H22ClN3O3/c1-12(2)17-20-16(24-21-17)9-10-19-15(22)8-5-11-23-14-7-4-3-6-13(14)18/h3-4,6-7,12H,5,8-11H2,1-2H3,(H,19,22). The first-order valence-corrected chi connectivity index (χ1v) is 8.40. The van der Waals surface area contributed by atoms with Crippen LogP contribution in [0.5, 0.6) is 5.75 Å². The van der Waals surface area contributed by atoms with E-state index in [-0.39, 0.29) is 11.8 Å². The Bertz CT molecular complexity index is 658. The van der Waals surface area contributed by atoms with Gasteiger partial charge in [0.15, 0.2) is 5.82 Å². The first-order valence-electron chi connectivity index (χ1n) is 8.02. The fraction of sp³-hybridized carbons (Fsp3) is 0.471. The summed E-state index contributed by atoms with van der Waals surface area (Å²) in [5.74, 6) is 2.07. The fourth-order valence-electron chi connectivity index (χ4n) is 1.98. The highest BCUT2D eigenvalue weighted by molar-refractivity contribution is 6.32. The van der Waals surface area contributed by atoms with Crippen molar-refractivity contribution in [2.45, 2.75) is 39.0 Å². The second kappa shape index (κ2) is 9.27. The van der Waals surface area contributed by atoms with Crippen molar-refractivity contribution in [2.24, 2.45) is 0 Å². The molecule has 0 unspecified atom stereocenters. The molecule has 1 amide bonds. The number of hydrogen-bond donors (Lipinski definition) is 1. The van der Waals surface area contributed by atoms with Crippen LogP contribution in [0.1, 0.15) is 44.3 Å². The topological polar surface area (TPSA) is 77.2 Å². The number of carbonyl (C=O) groups excluding carboxylic acids is 1. The summed E-state index contributed by atoms with van der Waals surface area (Å²) in [6.07, 6.45) is 1.54. The maximum absolute atomic E-state index is 11.8. The normalized spacial score (nSPS) is 10.8. The Balaban J connectivity index is 1.59. The van der Waals surface area contributed by atoms with Crippen molar-refractivity contribution in [1.29, 1.82) is 0 Å². The monoisotopic (exact) mass is 351 g/mol. The number of hydrogen-bond acceptors (Lipinski definition) is 5. The third-order valence-electron chi connectivity index (χ3n) is 3.30. The van der Waals surface area contributed by atoms with Crippen LogP contribution in [0.3, 0.4) is 0 Å². The Morgan fingerprint density at radius 2 is 2.17 bits per heavy atom. The van der Waals surface area contributed by atoms with Crippen molar-refractivity contribution in [3.63, 3.8) is 0 Å². The molecule has 0 radical (unpaired) electrons. The summed E-state index contributed by atoms with van der Waals surface area (Å²) in [5, 5.41) is 7.29. The molecule has 0 aliphatic carbocycles. The highest BCUT2D eigenvalue weighted by Crippen LogP contribution is 2.23. The van der Waals surface area contributed by atoms with Gasteiger partial charge in [-0.15, -0.1) is 0 Å². The van der Waals surface area contributed by atoms with Crippen LogP contribution in [0.25, 0.3) is 0 Å². The summed E-state index contributed by atoms with van der Waals surface area (Å²) >= 11 is 5.99. The van der Waals surface area contributed by atoms with Crippen molar-refractivity contribution in [3.8, 4) is 5.75 Å². The third kappa shape index (κ3) is 5.85. The number of ether oxygens (including phenoxy) is 1. The lowest BCUT2D eigenvalue weighted by Gasteiger charge is -2.07. The number of para-hydroxylation sites is 1. The highest BCUT2D eigenvalue weighted by Gasteiger charge is 2.10. The third-order valence-corrected chi connectivity index (χ3v) is 3.62. The average molecular weight is 352 g/mol. The zero-order chi connectivity index (χ0) is 17.4. The van der Waals surface area contributed by atoms with Crippen molar-refractivity contribution in [3.05, 3.63) is 41.0 Å². The van der Waals surface area contributed by atoms with Crippen LogP contribution in [0.4, 0.5) is 0 Å². The molecule has 0 fully saturated rings.